The van der Waals surface area contributed by atoms with E-state index in [0.717, 1.165) is 13.1 Å². The van der Waals surface area contributed by atoms with Gasteiger partial charge in [0.15, 0.2) is 6.10 Å². The molecule has 8 nitrogen and oxygen atoms in total. The smallest absolute Gasteiger partial charge is 0.415 e. The number of carbonyl (C=O) groups is 2. The maximum Gasteiger partial charge on any atom is 0.415 e. The average molecular weight is 317 g/mol. The van der Waals surface area contributed by atoms with E-state index in [1.54, 1.807) is 29.2 Å². The number of piperazine rings is 1. The topological polar surface area (TPSA) is 112 Å². The highest BCUT2D eigenvalue weighted by molar-refractivity contribution is 5.97. The summed E-state index contributed by atoms with van der Waals surface area (Å²) in [4.78, 5) is 27.6. The summed E-state index contributed by atoms with van der Waals surface area (Å²) >= 11 is 0. The van der Waals surface area contributed by atoms with Crippen LogP contribution in [0.3, 0.4) is 0 Å². The average Bonchev–Trinajstić information content (AvgIpc) is 2.97. The molecule has 122 valence electrons. The first kappa shape index (κ1) is 15.3. The summed E-state index contributed by atoms with van der Waals surface area (Å²) in [5.74, 6) is -0.185. The fourth-order valence-electron chi connectivity index (χ4n) is 2.71. The third-order valence-corrected chi connectivity index (χ3v) is 4.01. The molecule has 2 fully saturated rings. The summed E-state index contributed by atoms with van der Waals surface area (Å²) in [6.07, 6.45) is -1.30. The molecule has 2 amide bonds. The molecule has 0 aromatic heterocycles. The number of amidine groups is 1. The van der Waals surface area contributed by atoms with Crippen molar-refractivity contribution in [3.63, 3.8) is 0 Å². The van der Waals surface area contributed by atoms with Crippen molar-refractivity contribution in [3.05, 3.63) is 29.8 Å². The van der Waals surface area contributed by atoms with Gasteiger partial charge in [0.05, 0.1) is 6.54 Å². The SMILES string of the molecule is N=C(N)c1ccc(N2CC(C(=O)N3CCNCC3)OC2=O)cc1. The minimum atomic E-state index is -0.770. The predicted octanol–water partition coefficient (Wildman–Crippen LogP) is -0.272. The van der Waals surface area contributed by atoms with Gasteiger partial charge in [-0.2, -0.15) is 0 Å². The van der Waals surface area contributed by atoms with E-state index in [4.69, 9.17) is 15.9 Å². The van der Waals surface area contributed by atoms with Crippen molar-refractivity contribution >= 4 is 23.5 Å². The molecule has 2 heterocycles. The molecule has 2 aliphatic rings. The van der Waals surface area contributed by atoms with Crippen molar-refractivity contribution in [3.8, 4) is 0 Å². The summed E-state index contributed by atoms with van der Waals surface area (Å²) in [7, 11) is 0. The quantitative estimate of drug-likeness (QED) is 0.525. The Balaban J connectivity index is 1.69. The molecule has 3 rings (SSSR count). The first-order valence-electron chi connectivity index (χ1n) is 7.48. The van der Waals surface area contributed by atoms with Gasteiger partial charge >= 0.3 is 6.09 Å². The van der Waals surface area contributed by atoms with Crippen LogP contribution in [0.2, 0.25) is 0 Å². The third kappa shape index (κ3) is 3.11. The lowest BCUT2D eigenvalue weighted by Crippen LogP contribution is -2.50. The molecule has 0 radical (unpaired) electrons. The Morgan fingerprint density at radius 3 is 2.52 bits per heavy atom. The van der Waals surface area contributed by atoms with Crippen LogP contribution in [0.5, 0.6) is 0 Å². The zero-order valence-corrected chi connectivity index (χ0v) is 12.6. The molecule has 0 spiro atoms. The normalized spacial score (nSPS) is 21.2. The van der Waals surface area contributed by atoms with Crippen LogP contribution in [0.4, 0.5) is 10.5 Å². The monoisotopic (exact) mass is 317 g/mol. The van der Waals surface area contributed by atoms with Gasteiger partial charge in [0, 0.05) is 37.4 Å². The number of anilines is 1. The van der Waals surface area contributed by atoms with E-state index in [0.29, 0.717) is 24.3 Å². The van der Waals surface area contributed by atoms with E-state index in [1.165, 1.54) is 4.90 Å². The summed E-state index contributed by atoms with van der Waals surface area (Å²) in [6.45, 7) is 2.95. The number of nitrogens with two attached hydrogens (primary N) is 1. The highest BCUT2D eigenvalue weighted by atomic mass is 16.6. The van der Waals surface area contributed by atoms with Crippen molar-refractivity contribution in [1.82, 2.24) is 10.2 Å². The Morgan fingerprint density at radius 1 is 1.26 bits per heavy atom. The standard InChI is InChI=1S/C15H19N5O3/c16-13(17)10-1-3-11(4-2-10)20-9-12(23-15(20)22)14(21)19-7-5-18-6-8-19/h1-4,12,18H,5-9H2,(H3,16,17). The number of carbonyl (C=O) groups excluding carboxylic acids is 2. The first-order valence-corrected chi connectivity index (χ1v) is 7.48. The van der Waals surface area contributed by atoms with Crippen molar-refractivity contribution in [2.24, 2.45) is 5.73 Å². The Bertz CT molecular complexity index is 625. The van der Waals surface area contributed by atoms with Crippen molar-refractivity contribution in [2.75, 3.05) is 37.6 Å². The first-order chi connectivity index (χ1) is 11.1. The second-order valence-electron chi connectivity index (χ2n) is 5.52. The van der Waals surface area contributed by atoms with Gasteiger partial charge in [0.1, 0.15) is 5.84 Å². The van der Waals surface area contributed by atoms with Crippen LogP contribution in [0.25, 0.3) is 0 Å². The van der Waals surface area contributed by atoms with E-state index in [2.05, 4.69) is 5.32 Å². The van der Waals surface area contributed by atoms with Crippen molar-refractivity contribution < 1.29 is 14.3 Å². The van der Waals surface area contributed by atoms with Crippen molar-refractivity contribution in [2.45, 2.75) is 6.10 Å². The van der Waals surface area contributed by atoms with E-state index < -0.39 is 12.2 Å². The van der Waals surface area contributed by atoms with Gasteiger partial charge in [-0.3, -0.25) is 15.1 Å². The lowest BCUT2D eigenvalue weighted by molar-refractivity contribution is -0.138. The third-order valence-electron chi connectivity index (χ3n) is 4.01. The maximum atomic E-state index is 12.4. The van der Waals surface area contributed by atoms with E-state index in [1.807, 2.05) is 0 Å². The predicted molar refractivity (Wildman–Crippen MR) is 84.5 cm³/mol. The van der Waals surface area contributed by atoms with Gasteiger partial charge in [-0.15, -0.1) is 0 Å². The van der Waals surface area contributed by atoms with Crippen LogP contribution in [0.1, 0.15) is 5.56 Å². The molecule has 2 saturated heterocycles. The van der Waals surface area contributed by atoms with Crippen LogP contribution >= 0.6 is 0 Å². The lowest BCUT2D eigenvalue weighted by atomic mass is 10.2. The molecule has 1 aromatic rings. The molecule has 0 aliphatic carbocycles. The molecular formula is C15H19N5O3. The van der Waals surface area contributed by atoms with Crippen LogP contribution in [0.15, 0.2) is 24.3 Å². The fourth-order valence-corrected chi connectivity index (χ4v) is 2.71. The minimum absolute atomic E-state index is 0.0349. The highest BCUT2D eigenvalue weighted by Gasteiger charge is 2.39. The van der Waals surface area contributed by atoms with E-state index >= 15 is 0 Å². The Morgan fingerprint density at radius 2 is 1.91 bits per heavy atom. The summed E-state index contributed by atoms with van der Waals surface area (Å²) in [5.41, 5.74) is 6.61. The molecule has 2 aliphatic heterocycles. The van der Waals surface area contributed by atoms with Gasteiger partial charge < -0.3 is 20.7 Å². The van der Waals surface area contributed by atoms with Crippen LogP contribution in [0, 0.1) is 5.41 Å². The summed E-state index contributed by atoms with van der Waals surface area (Å²) in [6, 6.07) is 6.71. The number of amides is 2. The Kier molecular flexibility index (Phi) is 4.16. The van der Waals surface area contributed by atoms with E-state index in [9.17, 15) is 9.59 Å². The van der Waals surface area contributed by atoms with Gasteiger partial charge in [-0.05, 0) is 24.3 Å². The summed E-state index contributed by atoms with van der Waals surface area (Å²) < 4.78 is 5.23. The summed E-state index contributed by atoms with van der Waals surface area (Å²) in [5, 5.41) is 10.6. The number of ether oxygens (including phenoxy) is 1. The molecular weight excluding hydrogens is 298 g/mol. The van der Waals surface area contributed by atoms with Gasteiger partial charge in [0.2, 0.25) is 0 Å². The largest absolute Gasteiger partial charge is 0.434 e. The van der Waals surface area contributed by atoms with E-state index in [-0.39, 0.29) is 18.3 Å². The van der Waals surface area contributed by atoms with Gasteiger partial charge in [-0.1, -0.05) is 0 Å². The van der Waals surface area contributed by atoms with Gasteiger partial charge in [-0.25, -0.2) is 4.79 Å². The molecule has 0 bridgehead atoms. The maximum absolute atomic E-state index is 12.4. The van der Waals surface area contributed by atoms with Crippen LogP contribution < -0.4 is 16.0 Å². The highest BCUT2D eigenvalue weighted by Crippen LogP contribution is 2.23. The number of hydrogen-bond acceptors (Lipinski definition) is 5. The number of nitrogens with one attached hydrogen (secondary N) is 2. The molecule has 1 aromatic carbocycles. The molecule has 4 N–H and O–H groups in total. The van der Waals surface area contributed by atoms with Gasteiger partial charge in [0.25, 0.3) is 5.91 Å². The molecule has 23 heavy (non-hydrogen) atoms. The molecule has 1 unspecified atom stereocenters. The number of nitrogen functional groups attached to an aromatic ring is 1. The zero-order valence-electron chi connectivity index (χ0n) is 12.6. The molecule has 8 heteroatoms. The number of nitrogens with zero attached hydrogens (tertiary/aromatic N) is 2. The second-order valence-corrected chi connectivity index (χ2v) is 5.52. The van der Waals surface area contributed by atoms with Crippen LogP contribution in [-0.2, 0) is 9.53 Å². The number of hydrogen-bond donors (Lipinski definition) is 3. The minimum Gasteiger partial charge on any atom is -0.434 e. The zero-order chi connectivity index (χ0) is 16.4. The number of rotatable bonds is 3. The lowest BCUT2D eigenvalue weighted by Gasteiger charge is -2.28. The number of benzene rings is 1. The fraction of sp³-hybridized carbons (Fsp3) is 0.400. The van der Waals surface area contributed by atoms with Crippen LogP contribution in [-0.4, -0.2) is 61.6 Å². The Hall–Kier alpha value is -2.61. The molecule has 1 atom stereocenters. The number of cyclic esters (lactones) is 1. The van der Waals surface area contributed by atoms with Crippen molar-refractivity contribution in [1.29, 1.82) is 5.41 Å². The second kappa shape index (κ2) is 6.25. The molecule has 0 saturated carbocycles. The Labute approximate surface area is 133 Å².